The number of nitrogens with zero attached hydrogens (tertiary/aromatic N) is 4. The van der Waals surface area contributed by atoms with Gasteiger partial charge in [-0.1, -0.05) is 117 Å². The van der Waals surface area contributed by atoms with Crippen molar-refractivity contribution in [1.29, 1.82) is 10.5 Å². The van der Waals surface area contributed by atoms with Crippen molar-refractivity contribution >= 4 is 43.6 Å². The number of nitriles is 2. The number of hydrogen-bond acceptors (Lipinski definition) is 2. The second kappa shape index (κ2) is 10.6. The van der Waals surface area contributed by atoms with Crippen molar-refractivity contribution in [3.63, 3.8) is 0 Å². The minimum Gasteiger partial charge on any atom is -0.309 e. The minimum atomic E-state index is -0.213. The van der Waals surface area contributed by atoms with Crippen molar-refractivity contribution in [2.75, 3.05) is 0 Å². The maximum atomic E-state index is 10.8. The van der Waals surface area contributed by atoms with Gasteiger partial charge in [0.2, 0.25) is 0 Å². The van der Waals surface area contributed by atoms with Gasteiger partial charge in [-0.2, -0.15) is 10.5 Å². The molecule has 10 rings (SSSR count). The Kier molecular flexibility index (Phi) is 6.02. The van der Waals surface area contributed by atoms with Gasteiger partial charge in [-0.3, -0.25) is 0 Å². The fraction of sp³-hybridized carbons (Fsp3) is 0.0638. The van der Waals surface area contributed by atoms with Crippen LogP contribution in [0.25, 0.3) is 77.2 Å². The van der Waals surface area contributed by atoms with Crippen LogP contribution in [-0.2, 0) is 5.41 Å². The summed E-state index contributed by atoms with van der Waals surface area (Å²) in [5, 5.41) is 25.5. The molecule has 4 heteroatoms. The first kappa shape index (κ1) is 29.1. The fourth-order valence-electron chi connectivity index (χ4n) is 8.78. The number of para-hydroxylation sites is 3. The lowest BCUT2D eigenvalue weighted by Crippen LogP contribution is -2.16. The zero-order valence-corrected chi connectivity index (χ0v) is 28.1. The van der Waals surface area contributed by atoms with Crippen LogP contribution in [0.3, 0.4) is 0 Å². The number of fused-ring (bicyclic) bond motifs is 10. The SMILES string of the molecule is CC1(C)c2ccccc2-c2ccc3c4ccccc4n(-c4ccc(-c5ccc(C#N)cc5-n5c6ccccc6c6ccccc65)c(C#N)c4)c3c21. The number of hydrogen-bond donors (Lipinski definition) is 0. The van der Waals surface area contributed by atoms with Gasteiger partial charge in [-0.25, -0.2) is 0 Å². The molecule has 238 valence electrons. The molecule has 1 aliphatic carbocycles. The van der Waals surface area contributed by atoms with E-state index in [1.165, 1.54) is 38.5 Å². The van der Waals surface area contributed by atoms with Crippen molar-refractivity contribution < 1.29 is 0 Å². The third kappa shape index (κ3) is 3.93. The summed E-state index contributed by atoms with van der Waals surface area (Å²) >= 11 is 0. The van der Waals surface area contributed by atoms with E-state index in [-0.39, 0.29) is 5.41 Å². The third-order valence-corrected chi connectivity index (χ3v) is 11.0. The molecule has 0 fully saturated rings. The third-order valence-electron chi connectivity index (χ3n) is 11.0. The molecule has 0 atom stereocenters. The molecule has 0 saturated carbocycles. The first-order valence-corrected chi connectivity index (χ1v) is 17.2. The summed E-state index contributed by atoms with van der Waals surface area (Å²) in [5.41, 5.74) is 14.0. The van der Waals surface area contributed by atoms with E-state index in [9.17, 15) is 10.5 Å². The van der Waals surface area contributed by atoms with E-state index in [4.69, 9.17) is 0 Å². The van der Waals surface area contributed by atoms with Crippen molar-refractivity contribution in [2.24, 2.45) is 0 Å². The van der Waals surface area contributed by atoms with Gasteiger partial charge >= 0.3 is 0 Å². The molecule has 2 heterocycles. The first-order valence-electron chi connectivity index (χ1n) is 17.2. The molecule has 4 nitrogen and oxygen atoms in total. The summed E-state index contributed by atoms with van der Waals surface area (Å²) in [5.74, 6) is 0. The van der Waals surface area contributed by atoms with E-state index < -0.39 is 0 Å². The van der Waals surface area contributed by atoms with E-state index in [0.29, 0.717) is 11.1 Å². The Bertz CT molecular complexity index is 2980. The highest BCUT2D eigenvalue weighted by Crippen LogP contribution is 2.53. The molecule has 2 aromatic heterocycles. The van der Waals surface area contributed by atoms with Gasteiger partial charge in [0, 0.05) is 43.8 Å². The van der Waals surface area contributed by atoms with Crippen LogP contribution in [0.5, 0.6) is 0 Å². The lowest BCUT2D eigenvalue weighted by atomic mass is 9.81. The Morgan fingerprint density at radius 3 is 1.76 bits per heavy atom. The summed E-state index contributed by atoms with van der Waals surface area (Å²) < 4.78 is 4.58. The number of rotatable bonds is 3. The Balaban J connectivity index is 1.24. The van der Waals surface area contributed by atoms with Gasteiger partial charge in [-0.05, 0) is 64.7 Å². The average Bonchev–Trinajstić information content (AvgIpc) is 3.78. The van der Waals surface area contributed by atoms with Crippen molar-refractivity contribution in [3.05, 3.63) is 168 Å². The molecule has 0 spiro atoms. The Morgan fingerprint density at radius 2 is 1.08 bits per heavy atom. The highest BCUT2D eigenvalue weighted by Gasteiger charge is 2.38. The van der Waals surface area contributed by atoms with E-state index in [1.54, 1.807) is 0 Å². The molecule has 0 bridgehead atoms. The summed E-state index contributed by atoms with van der Waals surface area (Å²) in [6.07, 6.45) is 0. The lowest BCUT2D eigenvalue weighted by molar-refractivity contribution is 0.664. The van der Waals surface area contributed by atoms with Crippen LogP contribution in [0, 0.1) is 22.7 Å². The molecular formula is C47H30N4. The molecule has 0 saturated heterocycles. The minimum absolute atomic E-state index is 0.213. The van der Waals surface area contributed by atoms with Gasteiger partial charge in [0.05, 0.1) is 51.0 Å². The van der Waals surface area contributed by atoms with Crippen LogP contribution in [0.4, 0.5) is 0 Å². The van der Waals surface area contributed by atoms with Crippen LogP contribution in [-0.4, -0.2) is 9.13 Å². The maximum absolute atomic E-state index is 10.8. The van der Waals surface area contributed by atoms with Gasteiger partial charge < -0.3 is 9.13 Å². The van der Waals surface area contributed by atoms with Crippen LogP contribution < -0.4 is 0 Å². The quantitative estimate of drug-likeness (QED) is 0.191. The number of aromatic nitrogens is 2. The predicted octanol–water partition coefficient (Wildman–Crippen LogP) is 11.6. The van der Waals surface area contributed by atoms with Gasteiger partial charge in [0.15, 0.2) is 0 Å². The second-order valence-electron chi connectivity index (χ2n) is 14.0. The van der Waals surface area contributed by atoms with Crippen molar-refractivity contribution in [2.45, 2.75) is 19.3 Å². The molecule has 7 aromatic carbocycles. The van der Waals surface area contributed by atoms with Crippen LogP contribution in [0.1, 0.15) is 36.1 Å². The van der Waals surface area contributed by atoms with E-state index in [2.05, 4.69) is 144 Å². The van der Waals surface area contributed by atoms with Gasteiger partial charge in [0.25, 0.3) is 0 Å². The average molecular weight is 651 g/mol. The molecule has 0 radical (unpaired) electrons. The molecule has 0 aliphatic heterocycles. The van der Waals surface area contributed by atoms with Crippen molar-refractivity contribution in [1.82, 2.24) is 9.13 Å². The zero-order valence-electron chi connectivity index (χ0n) is 28.1. The molecule has 1 aliphatic rings. The summed E-state index contributed by atoms with van der Waals surface area (Å²) in [6.45, 7) is 4.65. The predicted molar refractivity (Wildman–Crippen MR) is 208 cm³/mol. The van der Waals surface area contributed by atoms with E-state index in [1.807, 2.05) is 36.4 Å². The summed E-state index contributed by atoms with van der Waals surface area (Å²) in [6, 6.07) is 55.5. The topological polar surface area (TPSA) is 57.4 Å². The summed E-state index contributed by atoms with van der Waals surface area (Å²) in [4.78, 5) is 0. The van der Waals surface area contributed by atoms with Gasteiger partial charge in [0.1, 0.15) is 0 Å². The second-order valence-corrected chi connectivity index (χ2v) is 14.0. The lowest BCUT2D eigenvalue weighted by Gasteiger charge is -2.24. The summed E-state index contributed by atoms with van der Waals surface area (Å²) in [7, 11) is 0. The highest BCUT2D eigenvalue weighted by molar-refractivity contribution is 6.13. The smallest absolute Gasteiger partial charge is 0.0998 e. The highest BCUT2D eigenvalue weighted by atomic mass is 15.0. The molecule has 0 unspecified atom stereocenters. The normalized spacial score (nSPS) is 13.0. The Labute approximate surface area is 295 Å². The zero-order chi connectivity index (χ0) is 34.4. The standard InChI is InChI=1S/C47H30N4/c1-47(2)40-15-7-3-11-33(40)38-23-24-39-36-14-6-8-16-41(36)50(46(39)45(38)47)31-20-22-32(30(26-31)28-49)37-21-19-29(27-48)25-44(37)51-42-17-9-4-12-34(42)35-13-5-10-18-43(35)51/h3-26H,1-2H3. The Morgan fingerprint density at radius 1 is 0.490 bits per heavy atom. The van der Waals surface area contributed by atoms with Crippen molar-refractivity contribution in [3.8, 4) is 45.8 Å². The number of benzene rings is 7. The molecule has 0 amide bonds. The Hall–Kier alpha value is -6.88. The van der Waals surface area contributed by atoms with E-state index >= 15 is 0 Å². The maximum Gasteiger partial charge on any atom is 0.0998 e. The first-order chi connectivity index (χ1) is 25.0. The van der Waals surface area contributed by atoms with Crippen LogP contribution in [0.2, 0.25) is 0 Å². The molecular weight excluding hydrogens is 621 g/mol. The molecule has 0 N–H and O–H groups in total. The molecule has 9 aromatic rings. The largest absolute Gasteiger partial charge is 0.309 e. The monoisotopic (exact) mass is 650 g/mol. The van der Waals surface area contributed by atoms with E-state index in [0.717, 1.165) is 49.8 Å². The fourth-order valence-corrected chi connectivity index (χ4v) is 8.78. The van der Waals surface area contributed by atoms with Crippen LogP contribution in [0.15, 0.2) is 146 Å². The van der Waals surface area contributed by atoms with Gasteiger partial charge in [-0.15, -0.1) is 0 Å². The van der Waals surface area contributed by atoms with Crippen LogP contribution >= 0.6 is 0 Å². The molecule has 51 heavy (non-hydrogen) atoms.